The number of hydrogen-bond donors (Lipinski definition) is 1. The highest BCUT2D eigenvalue weighted by molar-refractivity contribution is 6.31. The fourth-order valence-electron chi connectivity index (χ4n) is 2.40. The molecule has 24 heavy (non-hydrogen) atoms. The van der Waals surface area contributed by atoms with E-state index in [4.69, 9.17) is 11.6 Å². The maximum Gasteiger partial charge on any atom is 0.244 e. The van der Waals surface area contributed by atoms with Crippen LogP contribution in [0.25, 0.3) is 0 Å². The van der Waals surface area contributed by atoms with E-state index in [0.29, 0.717) is 17.3 Å². The van der Waals surface area contributed by atoms with Crippen LogP contribution in [0.5, 0.6) is 0 Å². The van der Waals surface area contributed by atoms with Gasteiger partial charge in [-0.05, 0) is 37.1 Å². The molecular weight excluding hydrogens is 324 g/mol. The van der Waals surface area contributed by atoms with Gasteiger partial charge in [0, 0.05) is 24.2 Å². The molecule has 0 unspecified atom stereocenters. The van der Waals surface area contributed by atoms with Crippen LogP contribution >= 0.6 is 11.6 Å². The van der Waals surface area contributed by atoms with Crippen molar-refractivity contribution in [3.8, 4) is 0 Å². The van der Waals surface area contributed by atoms with Crippen LogP contribution < -0.4 is 5.32 Å². The van der Waals surface area contributed by atoms with Crippen LogP contribution in [-0.4, -0.2) is 23.3 Å². The van der Waals surface area contributed by atoms with Gasteiger partial charge in [-0.25, -0.2) is 0 Å². The largest absolute Gasteiger partial charge is 0.329 e. The van der Waals surface area contributed by atoms with Crippen molar-refractivity contribution in [2.24, 2.45) is 0 Å². The molecule has 1 N–H and O–H groups in total. The highest BCUT2D eigenvalue weighted by Crippen LogP contribution is 2.20. The van der Waals surface area contributed by atoms with Crippen LogP contribution in [0.3, 0.4) is 0 Å². The Morgan fingerprint density at radius 2 is 1.88 bits per heavy atom. The summed E-state index contributed by atoms with van der Waals surface area (Å²) in [4.78, 5) is 25.7. The Balaban J connectivity index is 2.06. The normalized spacial score (nSPS) is 10.3. The number of carbonyl (C=O) groups is 2. The third-order valence-corrected chi connectivity index (χ3v) is 3.94. The maximum atomic E-state index is 12.3. The summed E-state index contributed by atoms with van der Waals surface area (Å²) in [5.74, 6) is -0.391. The zero-order chi connectivity index (χ0) is 17.7. The highest BCUT2D eigenvalue weighted by atomic mass is 35.5. The van der Waals surface area contributed by atoms with Crippen molar-refractivity contribution in [1.29, 1.82) is 0 Å². The van der Waals surface area contributed by atoms with E-state index < -0.39 is 0 Å². The summed E-state index contributed by atoms with van der Waals surface area (Å²) in [6.07, 6.45) is 0. The van der Waals surface area contributed by atoms with E-state index in [1.165, 1.54) is 11.8 Å². The second kappa shape index (κ2) is 7.97. The number of nitrogens with one attached hydrogen (secondary N) is 1. The van der Waals surface area contributed by atoms with Gasteiger partial charge < -0.3 is 10.2 Å². The van der Waals surface area contributed by atoms with Gasteiger partial charge in [0.1, 0.15) is 6.54 Å². The van der Waals surface area contributed by atoms with Crippen LogP contribution in [0.2, 0.25) is 5.02 Å². The van der Waals surface area contributed by atoms with Crippen molar-refractivity contribution in [3.63, 3.8) is 0 Å². The van der Waals surface area contributed by atoms with Crippen molar-refractivity contribution in [2.75, 3.05) is 11.9 Å². The molecule has 0 radical (unpaired) electrons. The fourth-order valence-corrected chi connectivity index (χ4v) is 2.57. The first-order valence-corrected chi connectivity index (χ1v) is 8.10. The first-order chi connectivity index (χ1) is 11.3. The predicted molar refractivity (Wildman–Crippen MR) is 97.1 cm³/mol. The van der Waals surface area contributed by atoms with Crippen molar-refractivity contribution < 1.29 is 9.59 Å². The van der Waals surface area contributed by atoms with Gasteiger partial charge >= 0.3 is 0 Å². The molecule has 2 rings (SSSR count). The molecule has 0 aliphatic heterocycles. The molecule has 0 fully saturated rings. The fraction of sp³-hybridized carbons (Fsp3) is 0.263. The molecule has 0 atom stereocenters. The molecule has 126 valence electrons. The second-order valence-corrected chi connectivity index (χ2v) is 6.31. The Hall–Kier alpha value is -2.33. The first kappa shape index (κ1) is 18.0. The van der Waals surface area contributed by atoms with Crippen molar-refractivity contribution in [3.05, 3.63) is 64.2 Å². The van der Waals surface area contributed by atoms with Crippen LogP contribution in [-0.2, 0) is 16.1 Å². The van der Waals surface area contributed by atoms with Crippen LogP contribution in [0.1, 0.15) is 23.6 Å². The van der Waals surface area contributed by atoms with Gasteiger partial charge in [0.05, 0.1) is 0 Å². The van der Waals surface area contributed by atoms with Gasteiger partial charge in [0.2, 0.25) is 11.8 Å². The molecule has 0 aliphatic carbocycles. The van der Waals surface area contributed by atoms with E-state index in [1.54, 1.807) is 12.1 Å². The SMILES string of the molecule is CC(=O)N(CC(=O)Nc1cc(Cl)ccc1C)Cc1cccc(C)c1. The van der Waals surface area contributed by atoms with Gasteiger partial charge in [-0.3, -0.25) is 9.59 Å². The number of nitrogens with zero attached hydrogens (tertiary/aromatic N) is 1. The molecule has 2 aromatic carbocycles. The summed E-state index contributed by atoms with van der Waals surface area (Å²) >= 11 is 5.96. The second-order valence-electron chi connectivity index (χ2n) is 5.87. The zero-order valence-electron chi connectivity index (χ0n) is 14.1. The van der Waals surface area contributed by atoms with Crippen molar-refractivity contribution in [1.82, 2.24) is 4.90 Å². The van der Waals surface area contributed by atoms with Crippen molar-refractivity contribution >= 4 is 29.1 Å². The van der Waals surface area contributed by atoms with Gasteiger partial charge in [0.15, 0.2) is 0 Å². The average Bonchev–Trinajstić information content (AvgIpc) is 2.50. The van der Waals surface area contributed by atoms with Gasteiger partial charge in [0.25, 0.3) is 0 Å². The van der Waals surface area contributed by atoms with Gasteiger partial charge in [-0.2, -0.15) is 0 Å². The minimum atomic E-state index is -0.247. The number of halogens is 1. The number of carbonyl (C=O) groups excluding carboxylic acids is 2. The lowest BCUT2D eigenvalue weighted by Gasteiger charge is -2.21. The summed E-state index contributed by atoms with van der Waals surface area (Å²) in [5.41, 5.74) is 3.69. The number of amides is 2. The standard InChI is InChI=1S/C19H21ClN2O2/c1-13-5-4-6-16(9-13)11-22(15(3)23)12-19(24)21-18-10-17(20)8-7-14(18)2/h4-10H,11-12H2,1-3H3,(H,21,24). The monoisotopic (exact) mass is 344 g/mol. The molecule has 0 heterocycles. The summed E-state index contributed by atoms with van der Waals surface area (Å²) in [6, 6.07) is 13.2. The maximum absolute atomic E-state index is 12.3. The van der Waals surface area contributed by atoms with E-state index >= 15 is 0 Å². The van der Waals surface area contributed by atoms with E-state index in [0.717, 1.165) is 16.7 Å². The minimum Gasteiger partial charge on any atom is -0.329 e. The van der Waals surface area contributed by atoms with E-state index in [2.05, 4.69) is 5.32 Å². The topological polar surface area (TPSA) is 49.4 Å². The van der Waals surface area contributed by atoms with E-state index in [1.807, 2.05) is 44.2 Å². The predicted octanol–water partition coefficient (Wildman–Crippen LogP) is 3.94. The molecule has 5 heteroatoms. The average molecular weight is 345 g/mol. The molecule has 2 aromatic rings. The highest BCUT2D eigenvalue weighted by Gasteiger charge is 2.15. The molecule has 0 saturated carbocycles. The van der Waals surface area contributed by atoms with E-state index in [9.17, 15) is 9.59 Å². The number of hydrogen-bond acceptors (Lipinski definition) is 2. The molecular formula is C19H21ClN2O2. The lowest BCUT2D eigenvalue weighted by Crippen LogP contribution is -2.36. The molecule has 0 aliphatic rings. The smallest absolute Gasteiger partial charge is 0.244 e. The van der Waals surface area contributed by atoms with E-state index in [-0.39, 0.29) is 18.4 Å². The third kappa shape index (κ3) is 5.10. The van der Waals surface area contributed by atoms with Crippen molar-refractivity contribution in [2.45, 2.75) is 27.3 Å². The quantitative estimate of drug-likeness (QED) is 0.893. The molecule has 0 bridgehead atoms. The molecule has 0 aromatic heterocycles. The Bertz CT molecular complexity index is 759. The number of anilines is 1. The molecule has 0 saturated heterocycles. The number of aryl methyl sites for hydroxylation is 2. The molecule has 2 amide bonds. The van der Waals surface area contributed by atoms with Gasteiger partial charge in [-0.15, -0.1) is 0 Å². The van der Waals surface area contributed by atoms with Crippen LogP contribution in [0.4, 0.5) is 5.69 Å². The third-order valence-electron chi connectivity index (χ3n) is 3.71. The first-order valence-electron chi connectivity index (χ1n) is 7.72. The Morgan fingerprint density at radius 1 is 1.12 bits per heavy atom. The van der Waals surface area contributed by atoms with Crippen LogP contribution in [0, 0.1) is 13.8 Å². The molecule has 4 nitrogen and oxygen atoms in total. The number of benzene rings is 2. The Kier molecular flexibility index (Phi) is 5.99. The lowest BCUT2D eigenvalue weighted by atomic mass is 10.1. The Labute approximate surface area is 147 Å². The summed E-state index contributed by atoms with van der Waals surface area (Å²) in [5, 5.41) is 3.37. The molecule has 0 spiro atoms. The summed E-state index contributed by atoms with van der Waals surface area (Å²) < 4.78 is 0. The summed E-state index contributed by atoms with van der Waals surface area (Å²) in [6.45, 7) is 5.75. The minimum absolute atomic E-state index is 0.00473. The number of rotatable bonds is 5. The Morgan fingerprint density at radius 3 is 2.54 bits per heavy atom. The van der Waals surface area contributed by atoms with Gasteiger partial charge in [-0.1, -0.05) is 47.5 Å². The zero-order valence-corrected chi connectivity index (χ0v) is 14.9. The lowest BCUT2D eigenvalue weighted by molar-refractivity contribution is -0.133. The van der Waals surface area contributed by atoms with Crippen LogP contribution in [0.15, 0.2) is 42.5 Å². The summed E-state index contributed by atoms with van der Waals surface area (Å²) in [7, 11) is 0.